The topological polar surface area (TPSA) is 68.8 Å². The zero-order valence-electron chi connectivity index (χ0n) is 6.79. The van der Waals surface area contributed by atoms with Crippen LogP contribution in [0, 0.1) is 22.7 Å². The van der Waals surface area contributed by atoms with Gasteiger partial charge >= 0.3 is 0 Å². The van der Waals surface area contributed by atoms with Crippen LogP contribution in [0.25, 0.3) is 0 Å². The summed E-state index contributed by atoms with van der Waals surface area (Å²) in [6.07, 6.45) is 0.893. The Hall–Kier alpha value is -1.10. The quantitative estimate of drug-likeness (QED) is 0.633. The summed E-state index contributed by atoms with van der Waals surface area (Å²) in [6.45, 7) is 1.16. The predicted octanol–water partition coefficient (Wildman–Crippen LogP) is 0.171. The van der Waals surface area contributed by atoms with Gasteiger partial charge in [-0.25, -0.2) is 0 Å². The van der Waals surface area contributed by atoms with Gasteiger partial charge < -0.3 is 10.1 Å². The molecule has 1 N–H and O–H groups in total. The predicted molar refractivity (Wildman–Crippen MR) is 42.0 cm³/mol. The minimum atomic E-state index is 0.0992. The molecule has 1 heterocycles. The van der Waals surface area contributed by atoms with Crippen LogP contribution in [0.5, 0.6) is 0 Å². The Labute approximate surface area is 71.7 Å². The van der Waals surface area contributed by atoms with E-state index in [0.717, 1.165) is 0 Å². The molecule has 0 aliphatic carbocycles. The first-order chi connectivity index (χ1) is 5.86. The largest absolute Gasteiger partial charge is 0.378 e. The van der Waals surface area contributed by atoms with Crippen molar-refractivity contribution >= 4 is 0 Å². The van der Waals surface area contributed by atoms with Gasteiger partial charge in [0.05, 0.1) is 38.2 Å². The first kappa shape index (κ1) is 8.99. The average Bonchev–Trinajstić information content (AvgIpc) is 2.06. The molecule has 1 rings (SSSR count). The van der Waals surface area contributed by atoms with E-state index in [9.17, 15) is 0 Å². The second-order valence-electron chi connectivity index (χ2n) is 2.82. The van der Waals surface area contributed by atoms with Crippen LogP contribution in [-0.2, 0) is 4.74 Å². The van der Waals surface area contributed by atoms with Crippen LogP contribution >= 0.6 is 0 Å². The fraction of sp³-hybridized carbons (Fsp3) is 0.750. The molecular formula is C8H11N3O. The third kappa shape index (κ3) is 2.50. The Morgan fingerprint density at radius 2 is 1.67 bits per heavy atom. The summed E-state index contributed by atoms with van der Waals surface area (Å²) in [5.41, 5.74) is 0. The minimum Gasteiger partial charge on any atom is -0.378 e. The molecule has 0 spiro atoms. The van der Waals surface area contributed by atoms with E-state index in [-0.39, 0.29) is 12.1 Å². The number of morpholine rings is 1. The molecule has 0 amide bonds. The van der Waals surface area contributed by atoms with Crippen LogP contribution in [0.2, 0.25) is 0 Å². The molecule has 1 aliphatic rings. The average molecular weight is 165 g/mol. The van der Waals surface area contributed by atoms with E-state index in [4.69, 9.17) is 15.3 Å². The third-order valence-corrected chi connectivity index (χ3v) is 1.78. The standard InChI is InChI=1S/C8H11N3O/c9-3-1-7-5-12-6-8(11-7)2-4-10/h7-8,11H,1-2,5-6H2. The van der Waals surface area contributed by atoms with Gasteiger partial charge in [-0.1, -0.05) is 0 Å². The highest BCUT2D eigenvalue weighted by Crippen LogP contribution is 2.04. The van der Waals surface area contributed by atoms with Gasteiger partial charge in [0.2, 0.25) is 0 Å². The lowest BCUT2D eigenvalue weighted by molar-refractivity contribution is 0.0481. The Morgan fingerprint density at radius 1 is 1.17 bits per heavy atom. The molecule has 1 aliphatic heterocycles. The molecule has 0 aromatic heterocycles. The Bertz CT molecular complexity index is 193. The van der Waals surface area contributed by atoms with E-state index in [1.54, 1.807) is 0 Å². The first-order valence-electron chi connectivity index (χ1n) is 3.94. The molecule has 12 heavy (non-hydrogen) atoms. The van der Waals surface area contributed by atoms with Crippen molar-refractivity contribution in [2.24, 2.45) is 0 Å². The highest BCUT2D eigenvalue weighted by atomic mass is 16.5. The molecule has 4 heteroatoms. The molecule has 0 radical (unpaired) electrons. The Morgan fingerprint density at radius 3 is 2.08 bits per heavy atom. The van der Waals surface area contributed by atoms with Crippen molar-refractivity contribution in [3.63, 3.8) is 0 Å². The maximum absolute atomic E-state index is 8.42. The highest BCUT2D eigenvalue weighted by Gasteiger charge is 2.20. The molecule has 0 bridgehead atoms. The number of hydrogen-bond donors (Lipinski definition) is 1. The van der Waals surface area contributed by atoms with Crippen molar-refractivity contribution in [3.8, 4) is 12.1 Å². The van der Waals surface area contributed by atoms with Gasteiger partial charge in [0.1, 0.15) is 0 Å². The van der Waals surface area contributed by atoms with E-state index in [2.05, 4.69) is 17.5 Å². The molecule has 4 nitrogen and oxygen atoms in total. The number of rotatable bonds is 2. The van der Waals surface area contributed by atoms with Gasteiger partial charge in [-0.3, -0.25) is 0 Å². The number of nitrogens with one attached hydrogen (secondary N) is 1. The van der Waals surface area contributed by atoms with E-state index >= 15 is 0 Å². The van der Waals surface area contributed by atoms with Gasteiger partial charge in [-0.2, -0.15) is 10.5 Å². The van der Waals surface area contributed by atoms with Gasteiger partial charge in [0.15, 0.2) is 0 Å². The minimum absolute atomic E-state index is 0.0992. The molecule has 1 saturated heterocycles. The lowest BCUT2D eigenvalue weighted by atomic mass is 10.1. The summed E-state index contributed by atoms with van der Waals surface area (Å²) < 4.78 is 5.24. The van der Waals surface area contributed by atoms with Crippen molar-refractivity contribution < 1.29 is 4.74 Å². The lowest BCUT2D eigenvalue weighted by Crippen LogP contribution is -2.48. The van der Waals surface area contributed by atoms with E-state index in [1.165, 1.54) is 0 Å². The first-order valence-corrected chi connectivity index (χ1v) is 3.94. The molecule has 1 fully saturated rings. The molecular weight excluding hydrogens is 154 g/mol. The molecule has 2 atom stereocenters. The molecule has 2 unspecified atom stereocenters. The molecule has 0 aromatic carbocycles. The number of ether oxygens (including phenoxy) is 1. The van der Waals surface area contributed by atoms with Gasteiger partial charge in [-0.15, -0.1) is 0 Å². The fourth-order valence-electron chi connectivity index (χ4n) is 1.24. The SMILES string of the molecule is N#CCC1COCC(CC#N)N1. The van der Waals surface area contributed by atoms with Crippen LogP contribution in [0.1, 0.15) is 12.8 Å². The summed E-state index contributed by atoms with van der Waals surface area (Å²) in [5, 5.41) is 20.0. The molecule has 0 saturated carbocycles. The lowest BCUT2D eigenvalue weighted by Gasteiger charge is -2.28. The normalized spacial score (nSPS) is 28.8. The van der Waals surface area contributed by atoms with Crippen LogP contribution < -0.4 is 5.32 Å². The summed E-state index contributed by atoms with van der Waals surface area (Å²) in [5.74, 6) is 0. The maximum Gasteiger partial charge on any atom is 0.0639 e. The summed E-state index contributed by atoms with van der Waals surface area (Å²) in [7, 11) is 0. The zero-order chi connectivity index (χ0) is 8.81. The van der Waals surface area contributed by atoms with E-state index in [0.29, 0.717) is 26.1 Å². The van der Waals surface area contributed by atoms with E-state index in [1.807, 2.05) is 0 Å². The van der Waals surface area contributed by atoms with Crippen LogP contribution in [0.4, 0.5) is 0 Å². The van der Waals surface area contributed by atoms with Crippen LogP contribution in [0.15, 0.2) is 0 Å². The fourth-order valence-corrected chi connectivity index (χ4v) is 1.24. The summed E-state index contributed by atoms with van der Waals surface area (Å²) in [4.78, 5) is 0. The Kier molecular flexibility index (Phi) is 3.53. The van der Waals surface area contributed by atoms with Crippen molar-refractivity contribution in [3.05, 3.63) is 0 Å². The number of nitrogens with zero attached hydrogens (tertiary/aromatic N) is 2. The second-order valence-corrected chi connectivity index (χ2v) is 2.82. The maximum atomic E-state index is 8.42. The molecule has 0 aromatic rings. The van der Waals surface area contributed by atoms with Crippen molar-refractivity contribution in [1.82, 2.24) is 5.32 Å². The Balaban J connectivity index is 2.32. The van der Waals surface area contributed by atoms with Crippen molar-refractivity contribution in [2.75, 3.05) is 13.2 Å². The van der Waals surface area contributed by atoms with Crippen molar-refractivity contribution in [2.45, 2.75) is 24.9 Å². The van der Waals surface area contributed by atoms with Gasteiger partial charge in [-0.05, 0) is 0 Å². The van der Waals surface area contributed by atoms with Gasteiger partial charge in [0.25, 0.3) is 0 Å². The summed E-state index contributed by atoms with van der Waals surface area (Å²) >= 11 is 0. The second kappa shape index (κ2) is 4.71. The number of hydrogen-bond acceptors (Lipinski definition) is 4. The highest BCUT2D eigenvalue weighted by molar-refractivity contribution is 4.89. The van der Waals surface area contributed by atoms with E-state index < -0.39 is 0 Å². The summed E-state index contributed by atoms with van der Waals surface area (Å²) in [6, 6.07) is 4.35. The van der Waals surface area contributed by atoms with Gasteiger partial charge in [0, 0.05) is 12.1 Å². The van der Waals surface area contributed by atoms with Crippen LogP contribution in [-0.4, -0.2) is 25.3 Å². The zero-order valence-corrected chi connectivity index (χ0v) is 6.79. The monoisotopic (exact) mass is 165 g/mol. The third-order valence-electron chi connectivity index (χ3n) is 1.78. The van der Waals surface area contributed by atoms with Crippen molar-refractivity contribution in [1.29, 1.82) is 10.5 Å². The van der Waals surface area contributed by atoms with Crippen LogP contribution in [0.3, 0.4) is 0 Å². The smallest absolute Gasteiger partial charge is 0.0639 e. The molecule has 64 valence electrons. The number of nitriles is 2.